The molecule has 0 spiro atoms. The Morgan fingerprint density at radius 3 is 2.40 bits per heavy atom. The largest absolute Gasteiger partial charge is 0.465 e. The Labute approximate surface area is 114 Å². The summed E-state index contributed by atoms with van der Waals surface area (Å²) in [5, 5.41) is 2.76. The van der Waals surface area contributed by atoms with Crippen molar-refractivity contribution in [3.63, 3.8) is 0 Å². The molecular weight excluding hydrogens is 266 g/mol. The van der Waals surface area contributed by atoms with E-state index < -0.39 is 17.6 Å². The highest BCUT2D eigenvalue weighted by Crippen LogP contribution is 2.25. The maximum atomic E-state index is 13.1. The Bertz CT molecular complexity index is 639. The van der Waals surface area contributed by atoms with Gasteiger partial charge in [-0.25, -0.2) is 13.6 Å². The number of nitrogens with one attached hydrogen (secondary N) is 1. The van der Waals surface area contributed by atoms with Crippen molar-refractivity contribution < 1.29 is 18.3 Å². The first-order valence-electron chi connectivity index (χ1n) is 5.70. The van der Waals surface area contributed by atoms with E-state index in [9.17, 15) is 13.6 Å². The number of hydrogen-bond acceptors (Lipinski definition) is 4. The van der Waals surface area contributed by atoms with Crippen molar-refractivity contribution in [2.75, 3.05) is 18.2 Å². The van der Waals surface area contributed by atoms with Crippen LogP contribution in [-0.4, -0.2) is 13.1 Å². The summed E-state index contributed by atoms with van der Waals surface area (Å²) in [5.41, 5.74) is 6.68. The molecule has 0 atom stereocenters. The second-order valence-electron chi connectivity index (χ2n) is 4.08. The Morgan fingerprint density at radius 2 is 1.80 bits per heavy atom. The van der Waals surface area contributed by atoms with E-state index in [1.807, 2.05) is 0 Å². The molecule has 0 aromatic heterocycles. The van der Waals surface area contributed by atoms with E-state index in [2.05, 4.69) is 10.1 Å². The van der Waals surface area contributed by atoms with Crippen molar-refractivity contribution in [3.8, 4) is 0 Å². The number of ether oxygens (including phenoxy) is 1. The Kier molecular flexibility index (Phi) is 3.84. The first kappa shape index (κ1) is 13.8. The van der Waals surface area contributed by atoms with Gasteiger partial charge in [0.05, 0.1) is 18.4 Å². The topological polar surface area (TPSA) is 64.3 Å². The molecule has 0 saturated heterocycles. The zero-order valence-corrected chi connectivity index (χ0v) is 10.6. The van der Waals surface area contributed by atoms with Crippen LogP contribution in [0.5, 0.6) is 0 Å². The van der Waals surface area contributed by atoms with Crippen molar-refractivity contribution in [2.24, 2.45) is 0 Å². The fraction of sp³-hybridized carbons (Fsp3) is 0.0714. The summed E-state index contributed by atoms with van der Waals surface area (Å²) in [6, 6.07) is 7.50. The molecule has 0 aliphatic rings. The molecule has 2 aromatic rings. The van der Waals surface area contributed by atoms with Gasteiger partial charge in [0.25, 0.3) is 0 Å². The van der Waals surface area contributed by atoms with E-state index in [0.29, 0.717) is 11.4 Å². The molecule has 0 saturated carbocycles. The molecule has 3 N–H and O–H groups in total. The van der Waals surface area contributed by atoms with E-state index >= 15 is 0 Å². The molecule has 4 nitrogen and oxygen atoms in total. The first-order chi connectivity index (χ1) is 9.49. The minimum atomic E-state index is -0.720. The lowest BCUT2D eigenvalue weighted by Crippen LogP contribution is -2.06. The third-order valence-corrected chi connectivity index (χ3v) is 2.59. The lowest BCUT2D eigenvalue weighted by molar-refractivity contribution is 0.0602. The van der Waals surface area contributed by atoms with Crippen molar-refractivity contribution >= 4 is 23.0 Å². The van der Waals surface area contributed by atoms with Crippen molar-refractivity contribution in [1.29, 1.82) is 0 Å². The number of nitrogen functional groups attached to an aromatic ring is 1. The number of nitrogens with two attached hydrogens (primary N) is 1. The first-order valence-corrected chi connectivity index (χ1v) is 5.70. The van der Waals surface area contributed by atoms with Crippen LogP contribution in [-0.2, 0) is 4.74 Å². The van der Waals surface area contributed by atoms with Crippen LogP contribution < -0.4 is 11.1 Å². The van der Waals surface area contributed by atoms with Gasteiger partial charge in [-0.3, -0.25) is 0 Å². The number of benzene rings is 2. The Morgan fingerprint density at radius 1 is 1.15 bits per heavy atom. The number of carbonyl (C=O) groups excluding carboxylic acids is 1. The molecular formula is C14H12F2N2O2. The van der Waals surface area contributed by atoms with E-state index in [0.717, 1.165) is 18.2 Å². The third-order valence-electron chi connectivity index (χ3n) is 2.59. The second kappa shape index (κ2) is 5.56. The van der Waals surface area contributed by atoms with Gasteiger partial charge in [0.2, 0.25) is 0 Å². The summed E-state index contributed by atoms with van der Waals surface area (Å²) >= 11 is 0. The number of esters is 1. The lowest BCUT2D eigenvalue weighted by atomic mass is 10.1. The van der Waals surface area contributed by atoms with E-state index in [1.54, 1.807) is 6.07 Å². The van der Waals surface area contributed by atoms with Gasteiger partial charge in [-0.1, -0.05) is 0 Å². The average Bonchev–Trinajstić information content (AvgIpc) is 2.38. The Balaban J connectivity index is 2.40. The SMILES string of the molecule is COC(=O)c1cc(N)ccc1Nc1cc(F)cc(F)c1. The number of anilines is 3. The fourth-order valence-corrected chi connectivity index (χ4v) is 1.73. The van der Waals surface area contributed by atoms with Crippen molar-refractivity contribution in [2.45, 2.75) is 0 Å². The van der Waals surface area contributed by atoms with Crippen molar-refractivity contribution in [1.82, 2.24) is 0 Å². The molecule has 0 bridgehead atoms. The van der Waals surface area contributed by atoms with Crippen LogP contribution in [0.15, 0.2) is 36.4 Å². The second-order valence-corrected chi connectivity index (χ2v) is 4.08. The van der Waals surface area contributed by atoms with Gasteiger partial charge < -0.3 is 15.8 Å². The summed E-state index contributed by atoms with van der Waals surface area (Å²) in [5.74, 6) is -2.04. The predicted octanol–water partition coefficient (Wildman–Crippen LogP) is 3.08. The van der Waals surface area contributed by atoms with Gasteiger partial charge in [0.1, 0.15) is 11.6 Å². The predicted molar refractivity (Wildman–Crippen MR) is 71.8 cm³/mol. The van der Waals surface area contributed by atoms with E-state index in [-0.39, 0.29) is 11.3 Å². The summed E-state index contributed by atoms with van der Waals surface area (Å²) in [7, 11) is 1.23. The number of halogens is 2. The molecule has 0 radical (unpaired) electrons. The fourth-order valence-electron chi connectivity index (χ4n) is 1.73. The molecule has 0 heterocycles. The molecule has 0 unspecified atom stereocenters. The summed E-state index contributed by atoms with van der Waals surface area (Å²) in [6.07, 6.45) is 0. The summed E-state index contributed by atoms with van der Waals surface area (Å²) in [6.45, 7) is 0. The number of hydrogen-bond donors (Lipinski definition) is 2. The van der Waals surface area contributed by atoms with Crippen LogP contribution in [0.3, 0.4) is 0 Å². The molecule has 0 fully saturated rings. The molecule has 104 valence electrons. The molecule has 20 heavy (non-hydrogen) atoms. The molecule has 0 aliphatic carbocycles. The number of rotatable bonds is 3. The zero-order chi connectivity index (χ0) is 14.7. The Hall–Kier alpha value is -2.63. The maximum Gasteiger partial charge on any atom is 0.340 e. The van der Waals surface area contributed by atoms with Crippen LogP contribution in [0, 0.1) is 11.6 Å². The summed E-state index contributed by atoms with van der Waals surface area (Å²) < 4.78 is 30.9. The van der Waals surface area contributed by atoms with Gasteiger partial charge in [-0.15, -0.1) is 0 Å². The highest BCUT2D eigenvalue weighted by atomic mass is 19.1. The van der Waals surface area contributed by atoms with Crippen LogP contribution in [0.4, 0.5) is 25.8 Å². The highest BCUT2D eigenvalue weighted by Gasteiger charge is 2.13. The van der Waals surface area contributed by atoms with E-state index in [1.165, 1.54) is 19.2 Å². The number of methoxy groups -OCH3 is 1. The minimum absolute atomic E-state index is 0.178. The van der Waals surface area contributed by atoms with Gasteiger partial charge in [-0.05, 0) is 30.3 Å². The van der Waals surface area contributed by atoms with Crippen LogP contribution in [0.25, 0.3) is 0 Å². The minimum Gasteiger partial charge on any atom is -0.465 e. The third kappa shape index (κ3) is 3.03. The monoisotopic (exact) mass is 278 g/mol. The van der Waals surface area contributed by atoms with Crippen molar-refractivity contribution in [3.05, 3.63) is 53.6 Å². The van der Waals surface area contributed by atoms with Crippen LogP contribution in [0.1, 0.15) is 10.4 Å². The molecule has 2 rings (SSSR count). The lowest BCUT2D eigenvalue weighted by Gasteiger charge is -2.11. The van der Waals surface area contributed by atoms with Crippen LogP contribution >= 0.6 is 0 Å². The van der Waals surface area contributed by atoms with E-state index in [4.69, 9.17) is 5.73 Å². The average molecular weight is 278 g/mol. The smallest absolute Gasteiger partial charge is 0.340 e. The standard InChI is InChI=1S/C14H12F2N2O2/c1-20-14(19)12-7-10(17)2-3-13(12)18-11-5-8(15)4-9(16)6-11/h2-7,18H,17H2,1H3. The molecule has 2 aromatic carbocycles. The normalized spacial score (nSPS) is 10.2. The zero-order valence-electron chi connectivity index (χ0n) is 10.6. The van der Waals surface area contributed by atoms with Crippen LogP contribution in [0.2, 0.25) is 0 Å². The van der Waals surface area contributed by atoms with Gasteiger partial charge in [0.15, 0.2) is 0 Å². The highest BCUT2D eigenvalue weighted by molar-refractivity contribution is 5.97. The summed E-state index contributed by atoms with van der Waals surface area (Å²) in [4.78, 5) is 11.6. The van der Waals surface area contributed by atoms with Gasteiger partial charge in [0, 0.05) is 17.4 Å². The van der Waals surface area contributed by atoms with Gasteiger partial charge in [-0.2, -0.15) is 0 Å². The van der Waals surface area contributed by atoms with Gasteiger partial charge >= 0.3 is 5.97 Å². The molecule has 0 amide bonds. The number of carbonyl (C=O) groups is 1. The quantitative estimate of drug-likeness (QED) is 0.669. The maximum absolute atomic E-state index is 13.1. The molecule has 6 heteroatoms. The molecule has 0 aliphatic heterocycles.